The van der Waals surface area contributed by atoms with Crippen molar-refractivity contribution in [3.8, 4) is 5.75 Å². The average Bonchev–Trinajstić information content (AvgIpc) is 2.26. The number of hydrogen-bond acceptors (Lipinski definition) is 2. The van der Waals surface area contributed by atoms with Crippen molar-refractivity contribution in [3.05, 3.63) is 29.3 Å². The number of halogens is 3. The molecule has 0 heterocycles. The molecule has 92 valence electrons. The SMILES string of the molecule is COc1ccc(C2CCC2=O)cc1C(F)(F)F. The summed E-state index contributed by atoms with van der Waals surface area (Å²) in [7, 11) is 1.19. The van der Waals surface area contributed by atoms with E-state index in [1.807, 2.05) is 0 Å². The third-order valence-corrected chi connectivity index (χ3v) is 3.00. The highest BCUT2D eigenvalue weighted by atomic mass is 19.4. The number of alkyl halides is 3. The second-order valence-electron chi connectivity index (χ2n) is 4.02. The number of methoxy groups -OCH3 is 1. The molecule has 1 aliphatic carbocycles. The summed E-state index contributed by atoms with van der Waals surface area (Å²) < 4.78 is 42.9. The van der Waals surface area contributed by atoms with Crippen LogP contribution in [0.15, 0.2) is 18.2 Å². The lowest BCUT2D eigenvalue weighted by Gasteiger charge is -2.25. The van der Waals surface area contributed by atoms with Crippen molar-refractivity contribution in [2.24, 2.45) is 0 Å². The Labute approximate surface area is 96.4 Å². The van der Waals surface area contributed by atoms with Gasteiger partial charge in [-0.3, -0.25) is 4.79 Å². The quantitative estimate of drug-likeness (QED) is 0.798. The molecule has 0 N–H and O–H groups in total. The van der Waals surface area contributed by atoms with E-state index >= 15 is 0 Å². The van der Waals surface area contributed by atoms with Crippen LogP contribution in [-0.2, 0) is 11.0 Å². The molecular formula is C12H11F3O2. The van der Waals surface area contributed by atoms with Crippen LogP contribution in [0.4, 0.5) is 13.2 Å². The highest BCUT2D eigenvalue weighted by Crippen LogP contribution is 2.40. The average molecular weight is 244 g/mol. The maximum atomic E-state index is 12.7. The summed E-state index contributed by atoms with van der Waals surface area (Å²) in [6.07, 6.45) is -3.38. The van der Waals surface area contributed by atoms with E-state index in [0.29, 0.717) is 18.4 Å². The Morgan fingerprint density at radius 1 is 1.35 bits per heavy atom. The standard InChI is InChI=1S/C12H11F3O2/c1-17-11-5-2-7(8-3-4-10(8)16)6-9(11)12(13,14)15/h2,5-6,8H,3-4H2,1H3. The third kappa shape index (κ3) is 2.14. The van der Waals surface area contributed by atoms with Crippen LogP contribution < -0.4 is 4.74 Å². The first-order valence-corrected chi connectivity index (χ1v) is 5.21. The zero-order valence-electron chi connectivity index (χ0n) is 9.17. The fourth-order valence-electron chi connectivity index (χ4n) is 1.92. The normalized spacial score (nSPS) is 20.0. The highest BCUT2D eigenvalue weighted by Gasteiger charge is 2.37. The van der Waals surface area contributed by atoms with E-state index in [-0.39, 0.29) is 17.5 Å². The first-order valence-electron chi connectivity index (χ1n) is 5.21. The molecule has 0 aliphatic heterocycles. The van der Waals surface area contributed by atoms with Gasteiger partial charge in [-0.15, -0.1) is 0 Å². The van der Waals surface area contributed by atoms with Crippen molar-refractivity contribution < 1.29 is 22.7 Å². The summed E-state index contributed by atoms with van der Waals surface area (Å²) in [4.78, 5) is 11.2. The van der Waals surface area contributed by atoms with Crippen LogP contribution in [0.5, 0.6) is 5.75 Å². The molecule has 0 bridgehead atoms. The molecule has 0 saturated heterocycles. The number of carbonyl (C=O) groups excluding carboxylic acids is 1. The van der Waals surface area contributed by atoms with Gasteiger partial charge in [0, 0.05) is 12.3 Å². The van der Waals surface area contributed by atoms with Crippen molar-refractivity contribution in [1.29, 1.82) is 0 Å². The number of carbonyl (C=O) groups is 1. The first kappa shape index (κ1) is 12.0. The van der Waals surface area contributed by atoms with Gasteiger partial charge in [-0.05, 0) is 24.1 Å². The number of ketones is 1. The van der Waals surface area contributed by atoms with Gasteiger partial charge in [-0.2, -0.15) is 13.2 Å². The van der Waals surface area contributed by atoms with Crippen molar-refractivity contribution in [1.82, 2.24) is 0 Å². The van der Waals surface area contributed by atoms with E-state index in [1.54, 1.807) is 0 Å². The number of Topliss-reactive ketones (excluding diaryl/α,β-unsaturated/α-hetero) is 1. The van der Waals surface area contributed by atoms with E-state index in [4.69, 9.17) is 0 Å². The summed E-state index contributed by atoms with van der Waals surface area (Å²) in [6.45, 7) is 0. The smallest absolute Gasteiger partial charge is 0.419 e. The van der Waals surface area contributed by atoms with Gasteiger partial charge in [0.15, 0.2) is 0 Å². The fourth-order valence-corrected chi connectivity index (χ4v) is 1.92. The summed E-state index contributed by atoms with van der Waals surface area (Å²) in [5.41, 5.74) is -0.397. The van der Waals surface area contributed by atoms with Gasteiger partial charge < -0.3 is 4.74 Å². The maximum Gasteiger partial charge on any atom is 0.419 e. The van der Waals surface area contributed by atoms with Gasteiger partial charge in [0.2, 0.25) is 0 Å². The maximum absolute atomic E-state index is 12.7. The van der Waals surface area contributed by atoms with Crippen LogP contribution in [0.3, 0.4) is 0 Å². The summed E-state index contributed by atoms with van der Waals surface area (Å²) >= 11 is 0. The predicted octanol–water partition coefficient (Wildman–Crippen LogP) is 3.16. The van der Waals surface area contributed by atoms with E-state index in [2.05, 4.69) is 4.74 Å². The zero-order valence-corrected chi connectivity index (χ0v) is 9.17. The van der Waals surface area contributed by atoms with Crippen LogP contribution in [-0.4, -0.2) is 12.9 Å². The molecule has 1 aliphatic rings. The lowest BCUT2D eigenvalue weighted by atomic mass is 9.78. The predicted molar refractivity (Wildman–Crippen MR) is 55.0 cm³/mol. The topological polar surface area (TPSA) is 26.3 Å². The van der Waals surface area contributed by atoms with Gasteiger partial charge in [0.05, 0.1) is 12.7 Å². The van der Waals surface area contributed by atoms with Crippen molar-refractivity contribution >= 4 is 5.78 Å². The molecule has 1 fully saturated rings. The molecule has 2 rings (SSSR count). The monoisotopic (exact) mass is 244 g/mol. The van der Waals surface area contributed by atoms with Gasteiger partial charge in [-0.25, -0.2) is 0 Å². The molecule has 1 saturated carbocycles. The fraction of sp³-hybridized carbons (Fsp3) is 0.417. The lowest BCUT2D eigenvalue weighted by molar-refractivity contribution is -0.139. The second kappa shape index (κ2) is 4.05. The molecule has 0 amide bonds. The second-order valence-corrected chi connectivity index (χ2v) is 4.02. The molecular weight excluding hydrogens is 233 g/mol. The number of hydrogen-bond donors (Lipinski definition) is 0. The first-order chi connectivity index (χ1) is 7.93. The Balaban J connectivity index is 2.41. The Morgan fingerprint density at radius 2 is 2.06 bits per heavy atom. The van der Waals surface area contributed by atoms with Gasteiger partial charge in [0.1, 0.15) is 11.5 Å². The zero-order chi connectivity index (χ0) is 12.6. The van der Waals surface area contributed by atoms with Crippen LogP contribution in [0, 0.1) is 0 Å². The van der Waals surface area contributed by atoms with Gasteiger partial charge in [0.25, 0.3) is 0 Å². The Kier molecular flexibility index (Phi) is 2.85. The van der Waals surface area contributed by atoms with Gasteiger partial charge in [-0.1, -0.05) is 6.07 Å². The largest absolute Gasteiger partial charge is 0.496 e. The molecule has 5 heteroatoms. The van der Waals surface area contributed by atoms with E-state index in [9.17, 15) is 18.0 Å². The molecule has 1 aromatic rings. The molecule has 1 aromatic carbocycles. The Bertz CT molecular complexity index is 452. The van der Waals surface area contributed by atoms with Crippen LogP contribution in [0.1, 0.15) is 29.9 Å². The summed E-state index contributed by atoms with van der Waals surface area (Å²) in [5, 5.41) is 0. The minimum atomic E-state index is -4.46. The van der Waals surface area contributed by atoms with Crippen molar-refractivity contribution in [2.75, 3.05) is 7.11 Å². The minimum absolute atomic E-state index is 0.00305. The van der Waals surface area contributed by atoms with E-state index in [1.165, 1.54) is 19.2 Å². The molecule has 1 atom stereocenters. The molecule has 0 radical (unpaired) electrons. The number of benzene rings is 1. The lowest BCUT2D eigenvalue weighted by Crippen LogP contribution is -2.23. The Morgan fingerprint density at radius 3 is 2.47 bits per heavy atom. The van der Waals surface area contributed by atoms with Crippen molar-refractivity contribution in [2.45, 2.75) is 24.9 Å². The number of ether oxygens (including phenoxy) is 1. The number of rotatable bonds is 2. The molecule has 17 heavy (non-hydrogen) atoms. The summed E-state index contributed by atoms with van der Waals surface area (Å²) in [6, 6.07) is 3.81. The van der Waals surface area contributed by atoms with Crippen LogP contribution in [0.25, 0.3) is 0 Å². The molecule has 2 nitrogen and oxygen atoms in total. The highest BCUT2D eigenvalue weighted by molar-refractivity contribution is 5.91. The van der Waals surface area contributed by atoms with Crippen molar-refractivity contribution in [3.63, 3.8) is 0 Å². The Hall–Kier alpha value is -1.52. The molecule has 1 unspecified atom stereocenters. The minimum Gasteiger partial charge on any atom is -0.496 e. The molecule has 0 spiro atoms. The van der Waals surface area contributed by atoms with Crippen LogP contribution in [0.2, 0.25) is 0 Å². The summed E-state index contributed by atoms with van der Waals surface area (Å²) in [5.74, 6) is -0.585. The van der Waals surface area contributed by atoms with Crippen LogP contribution >= 0.6 is 0 Å². The van der Waals surface area contributed by atoms with E-state index < -0.39 is 11.7 Å². The van der Waals surface area contributed by atoms with Gasteiger partial charge >= 0.3 is 6.18 Å². The third-order valence-electron chi connectivity index (χ3n) is 3.00. The molecule has 0 aromatic heterocycles. The van der Waals surface area contributed by atoms with E-state index in [0.717, 1.165) is 6.07 Å².